The molecule has 0 aliphatic carbocycles. The summed E-state index contributed by atoms with van der Waals surface area (Å²) in [6.07, 6.45) is 0. The molecule has 7 heteroatoms. The summed E-state index contributed by atoms with van der Waals surface area (Å²) >= 11 is 0. The van der Waals surface area contributed by atoms with Gasteiger partial charge in [0.2, 0.25) is 0 Å². The first-order valence-electron chi connectivity index (χ1n) is 10.0. The zero-order chi connectivity index (χ0) is 22.4. The van der Waals surface area contributed by atoms with Crippen molar-refractivity contribution in [2.75, 3.05) is 17.7 Å². The molecular weight excluding hydrogens is 395 g/mol. The third-order valence-corrected chi connectivity index (χ3v) is 4.49. The standard InChI is InChI=1S/C24H27FN4O2/c1-24(2,3)23-28-20(15-31-4)13-21(29-23)26-14-16-7-5-10-19(11-16)27-22(30)17-8-6-9-18(25)12-17/h5-13H,14-15H2,1-4H3,(H,27,30)(H,26,28,29). The second-order valence-corrected chi connectivity index (χ2v) is 8.27. The number of ether oxygens (including phenoxy) is 1. The van der Waals surface area contributed by atoms with Crippen molar-refractivity contribution in [3.63, 3.8) is 0 Å². The summed E-state index contributed by atoms with van der Waals surface area (Å²) < 4.78 is 18.6. The van der Waals surface area contributed by atoms with Gasteiger partial charge in [-0.05, 0) is 35.9 Å². The van der Waals surface area contributed by atoms with Crippen molar-refractivity contribution in [3.05, 3.63) is 83.1 Å². The molecular formula is C24H27FN4O2. The van der Waals surface area contributed by atoms with Crippen molar-refractivity contribution in [1.82, 2.24) is 9.97 Å². The zero-order valence-electron chi connectivity index (χ0n) is 18.2. The van der Waals surface area contributed by atoms with E-state index in [0.29, 0.717) is 24.7 Å². The summed E-state index contributed by atoms with van der Waals surface area (Å²) in [5.41, 5.74) is 2.47. The van der Waals surface area contributed by atoms with Crippen LogP contribution in [0, 0.1) is 5.82 Å². The van der Waals surface area contributed by atoms with Gasteiger partial charge < -0.3 is 15.4 Å². The molecule has 3 rings (SSSR count). The fourth-order valence-electron chi connectivity index (χ4n) is 2.93. The Balaban J connectivity index is 1.71. The van der Waals surface area contributed by atoms with Crippen LogP contribution < -0.4 is 10.6 Å². The van der Waals surface area contributed by atoms with Crippen LogP contribution in [0.1, 0.15) is 48.2 Å². The quantitative estimate of drug-likeness (QED) is 0.565. The van der Waals surface area contributed by atoms with Gasteiger partial charge in [-0.2, -0.15) is 0 Å². The molecule has 0 aliphatic heterocycles. The highest BCUT2D eigenvalue weighted by Gasteiger charge is 2.19. The van der Waals surface area contributed by atoms with Gasteiger partial charge in [0, 0.05) is 36.4 Å². The van der Waals surface area contributed by atoms with Crippen molar-refractivity contribution >= 4 is 17.4 Å². The van der Waals surface area contributed by atoms with Crippen LogP contribution in [0.3, 0.4) is 0 Å². The summed E-state index contributed by atoms with van der Waals surface area (Å²) in [6, 6.07) is 14.9. The second kappa shape index (κ2) is 9.66. The summed E-state index contributed by atoms with van der Waals surface area (Å²) in [4.78, 5) is 21.6. The first-order chi connectivity index (χ1) is 14.7. The van der Waals surface area contributed by atoms with Gasteiger partial charge >= 0.3 is 0 Å². The number of carbonyl (C=O) groups is 1. The van der Waals surface area contributed by atoms with Crippen LogP contribution in [-0.4, -0.2) is 23.0 Å². The lowest BCUT2D eigenvalue weighted by Crippen LogP contribution is -2.18. The highest BCUT2D eigenvalue weighted by atomic mass is 19.1. The third kappa shape index (κ3) is 6.33. The topological polar surface area (TPSA) is 76.1 Å². The van der Waals surface area contributed by atoms with Crippen molar-refractivity contribution in [2.45, 2.75) is 39.3 Å². The molecule has 0 spiro atoms. The number of carbonyl (C=O) groups excluding carboxylic acids is 1. The maximum Gasteiger partial charge on any atom is 0.255 e. The molecule has 0 fully saturated rings. The molecule has 1 heterocycles. The third-order valence-electron chi connectivity index (χ3n) is 4.49. The van der Waals surface area contributed by atoms with E-state index in [1.165, 1.54) is 18.2 Å². The summed E-state index contributed by atoms with van der Waals surface area (Å²) in [5, 5.41) is 6.13. The predicted molar refractivity (Wildman–Crippen MR) is 120 cm³/mol. The lowest BCUT2D eigenvalue weighted by molar-refractivity contribution is 0.102. The molecule has 2 N–H and O–H groups in total. The Hall–Kier alpha value is -3.32. The highest BCUT2D eigenvalue weighted by molar-refractivity contribution is 6.04. The maximum absolute atomic E-state index is 13.4. The molecule has 0 aliphatic rings. The number of nitrogens with zero attached hydrogens (tertiary/aromatic N) is 2. The van der Waals surface area contributed by atoms with Crippen LogP contribution in [0.4, 0.5) is 15.9 Å². The summed E-state index contributed by atoms with van der Waals surface area (Å²) in [6.45, 7) is 7.10. The second-order valence-electron chi connectivity index (χ2n) is 8.27. The van der Waals surface area contributed by atoms with E-state index < -0.39 is 5.82 Å². The number of methoxy groups -OCH3 is 1. The minimum atomic E-state index is -0.446. The van der Waals surface area contributed by atoms with E-state index >= 15 is 0 Å². The van der Waals surface area contributed by atoms with Gasteiger partial charge in [-0.25, -0.2) is 14.4 Å². The fraction of sp³-hybridized carbons (Fsp3) is 0.292. The number of aromatic nitrogens is 2. The number of hydrogen-bond donors (Lipinski definition) is 2. The van der Waals surface area contributed by atoms with Crippen LogP contribution in [-0.2, 0) is 23.3 Å². The average Bonchev–Trinajstić information content (AvgIpc) is 2.72. The lowest BCUT2D eigenvalue weighted by Gasteiger charge is -2.19. The van der Waals surface area contributed by atoms with E-state index in [0.717, 1.165) is 17.1 Å². The van der Waals surface area contributed by atoms with Crippen LogP contribution in [0.2, 0.25) is 0 Å². The predicted octanol–water partition coefficient (Wildman–Crippen LogP) is 4.92. The minimum absolute atomic E-state index is 0.193. The lowest BCUT2D eigenvalue weighted by atomic mass is 9.95. The molecule has 0 bridgehead atoms. The number of nitrogens with one attached hydrogen (secondary N) is 2. The molecule has 0 saturated heterocycles. The maximum atomic E-state index is 13.4. The monoisotopic (exact) mass is 422 g/mol. The number of halogens is 1. The Morgan fingerprint density at radius 1 is 1.06 bits per heavy atom. The number of hydrogen-bond acceptors (Lipinski definition) is 5. The Bertz CT molecular complexity index is 1060. The first kappa shape index (κ1) is 22.4. The Labute approximate surface area is 181 Å². The van der Waals surface area contributed by atoms with Gasteiger partial charge in [-0.15, -0.1) is 0 Å². The van der Waals surface area contributed by atoms with Gasteiger partial charge in [0.15, 0.2) is 0 Å². The van der Waals surface area contributed by atoms with Gasteiger partial charge in [0.05, 0.1) is 12.3 Å². The molecule has 162 valence electrons. The first-order valence-corrected chi connectivity index (χ1v) is 10.0. The van der Waals surface area contributed by atoms with E-state index in [9.17, 15) is 9.18 Å². The van der Waals surface area contributed by atoms with E-state index in [1.54, 1.807) is 19.2 Å². The van der Waals surface area contributed by atoms with Crippen molar-refractivity contribution < 1.29 is 13.9 Å². The summed E-state index contributed by atoms with van der Waals surface area (Å²) in [7, 11) is 1.63. The van der Waals surface area contributed by atoms with Gasteiger partial charge in [-0.3, -0.25) is 4.79 Å². The largest absolute Gasteiger partial charge is 0.378 e. The van der Waals surface area contributed by atoms with Crippen molar-refractivity contribution in [2.24, 2.45) is 0 Å². The molecule has 1 aromatic heterocycles. The average molecular weight is 423 g/mol. The number of amides is 1. The highest BCUT2D eigenvalue weighted by Crippen LogP contribution is 2.21. The molecule has 6 nitrogen and oxygen atoms in total. The van der Waals surface area contributed by atoms with E-state index in [4.69, 9.17) is 4.74 Å². The van der Waals surface area contributed by atoms with Crippen molar-refractivity contribution in [3.8, 4) is 0 Å². The van der Waals surface area contributed by atoms with Gasteiger partial charge in [0.1, 0.15) is 17.5 Å². The van der Waals surface area contributed by atoms with E-state index in [2.05, 4.69) is 41.4 Å². The van der Waals surface area contributed by atoms with E-state index in [-0.39, 0.29) is 16.9 Å². The molecule has 0 saturated carbocycles. The normalized spacial score (nSPS) is 11.3. The molecule has 0 atom stereocenters. The van der Waals surface area contributed by atoms with Crippen molar-refractivity contribution in [1.29, 1.82) is 0 Å². The SMILES string of the molecule is COCc1cc(NCc2cccc(NC(=O)c3cccc(F)c3)c2)nc(C(C)(C)C)n1. The van der Waals surface area contributed by atoms with Gasteiger partial charge in [-0.1, -0.05) is 39.0 Å². The smallest absolute Gasteiger partial charge is 0.255 e. The molecule has 0 unspecified atom stereocenters. The van der Waals surface area contributed by atoms with Crippen LogP contribution >= 0.6 is 0 Å². The van der Waals surface area contributed by atoms with Crippen LogP contribution in [0.5, 0.6) is 0 Å². The van der Waals surface area contributed by atoms with E-state index in [1.807, 2.05) is 24.3 Å². The van der Waals surface area contributed by atoms with Crippen LogP contribution in [0.15, 0.2) is 54.6 Å². The zero-order valence-corrected chi connectivity index (χ0v) is 18.2. The fourth-order valence-corrected chi connectivity index (χ4v) is 2.93. The van der Waals surface area contributed by atoms with Crippen LogP contribution in [0.25, 0.3) is 0 Å². The van der Waals surface area contributed by atoms with Gasteiger partial charge in [0.25, 0.3) is 5.91 Å². The minimum Gasteiger partial charge on any atom is -0.378 e. The number of rotatable bonds is 7. The molecule has 0 radical (unpaired) electrons. The molecule has 31 heavy (non-hydrogen) atoms. The Morgan fingerprint density at radius 3 is 2.55 bits per heavy atom. The molecule has 1 amide bonds. The Morgan fingerprint density at radius 2 is 1.84 bits per heavy atom. The number of anilines is 2. The Kier molecular flexibility index (Phi) is 6.97. The molecule has 2 aromatic carbocycles. The molecule has 3 aromatic rings. The number of benzene rings is 2. The summed E-state index contributed by atoms with van der Waals surface area (Å²) in [5.74, 6) is 0.638.